The number of pyridine rings is 1. The SMILES string of the molecule is Cc1ccc(Cl)c2c(=O)c3ccncc3sc12. The zero-order valence-corrected chi connectivity index (χ0v) is 10.6. The predicted molar refractivity (Wildman–Crippen MR) is 73.1 cm³/mol. The minimum absolute atomic E-state index is 0.00940. The van der Waals surface area contributed by atoms with Crippen LogP contribution in [0.1, 0.15) is 5.56 Å². The highest BCUT2D eigenvalue weighted by atomic mass is 35.5. The summed E-state index contributed by atoms with van der Waals surface area (Å²) >= 11 is 7.68. The highest BCUT2D eigenvalue weighted by molar-refractivity contribution is 7.24. The molecule has 3 aromatic rings. The summed E-state index contributed by atoms with van der Waals surface area (Å²) in [5.74, 6) is 0. The van der Waals surface area contributed by atoms with E-state index >= 15 is 0 Å². The van der Waals surface area contributed by atoms with Gasteiger partial charge in [-0.3, -0.25) is 9.78 Å². The molecule has 0 aliphatic heterocycles. The average Bonchev–Trinajstić information content (AvgIpc) is 2.34. The van der Waals surface area contributed by atoms with Crippen LogP contribution in [-0.2, 0) is 0 Å². The summed E-state index contributed by atoms with van der Waals surface area (Å²) in [6, 6.07) is 5.45. The monoisotopic (exact) mass is 261 g/mol. The summed E-state index contributed by atoms with van der Waals surface area (Å²) < 4.78 is 1.85. The Balaban J connectivity index is 2.69. The maximum absolute atomic E-state index is 12.4. The van der Waals surface area contributed by atoms with Gasteiger partial charge in [0.15, 0.2) is 5.43 Å². The molecule has 0 fully saturated rings. The van der Waals surface area contributed by atoms with Crippen LogP contribution in [0.2, 0.25) is 5.02 Å². The third kappa shape index (κ3) is 1.54. The van der Waals surface area contributed by atoms with Crippen molar-refractivity contribution < 1.29 is 0 Å². The van der Waals surface area contributed by atoms with Crippen LogP contribution < -0.4 is 5.43 Å². The molecule has 0 atom stereocenters. The second-order valence-electron chi connectivity index (χ2n) is 3.87. The molecular formula is C13H8ClNOS. The minimum atomic E-state index is -0.00940. The molecule has 1 aromatic carbocycles. The van der Waals surface area contributed by atoms with Gasteiger partial charge in [-0.25, -0.2) is 0 Å². The Labute approximate surface area is 106 Å². The molecule has 0 aliphatic rings. The molecule has 0 bridgehead atoms. The Morgan fingerprint density at radius 1 is 1.29 bits per heavy atom. The smallest absolute Gasteiger partial charge is 0.197 e. The van der Waals surface area contributed by atoms with Crippen molar-refractivity contribution in [2.45, 2.75) is 6.92 Å². The lowest BCUT2D eigenvalue weighted by Gasteiger charge is -2.04. The highest BCUT2D eigenvalue weighted by Crippen LogP contribution is 2.30. The summed E-state index contributed by atoms with van der Waals surface area (Å²) in [5, 5.41) is 1.82. The van der Waals surface area contributed by atoms with Crippen LogP contribution in [-0.4, -0.2) is 4.98 Å². The van der Waals surface area contributed by atoms with Gasteiger partial charge in [-0.05, 0) is 24.6 Å². The summed E-state index contributed by atoms with van der Waals surface area (Å²) in [6.45, 7) is 1.98. The molecule has 0 radical (unpaired) electrons. The molecule has 4 heteroatoms. The lowest BCUT2D eigenvalue weighted by atomic mass is 10.1. The third-order valence-electron chi connectivity index (χ3n) is 2.77. The maximum atomic E-state index is 12.4. The zero-order chi connectivity index (χ0) is 12.0. The van der Waals surface area contributed by atoms with E-state index in [2.05, 4.69) is 4.98 Å². The first-order valence-electron chi connectivity index (χ1n) is 5.14. The molecule has 0 saturated heterocycles. The van der Waals surface area contributed by atoms with Crippen LogP contribution in [0.3, 0.4) is 0 Å². The number of hydrogen-bond donors (Lipinski definition) is 0. The van der Waals surface area contributed by atoms with Crippen molar-refractivity contribution in [2.75, 3.05) is 0 Å². The predicted octanol–water partition coefficient (Wildman–Crippen LogP) is 3.77. The number of hydrogen-bond acceptors (Lipinski definition) is 3. The van der Waals surface area contributed by atoms with E-state index in [0.29, 0.717) is 15.8 Å². The van der Waals surface area contributed by atoms with E-state index < -0.39 is 0 Å². The zero-order valence-electron chi connectivity index (χ0n) is 9.03. The van der Waals surface area contributed by atoms with E-state index in [1.54, 1.807) is 35.9 Å². The molecule has 0 saturated carbocycles. The number of nitrogens with zero attached hydrogens (tertiary/aromatic N) is 1. The average molecular weight is 262 g/mol. The van der Waals surface area contributed by atoms with E-state index in [1.807, 2.05) is 13.0 Å². The van der Waals surface area contributed by atoms with Gasteiger partial charge in [0.1, 0.15) is 0 Å². The standard InChI is InChI=1S/C13H8ClNOS/c1-7-2-3-9(14)11-12(16)8-4-5-15-6-10(8)17-13(7)11/h2-6H,1H3. The first-order chi connectivity index (χ1) is 8.18. The van der Waals surface area contributed by atoms with E-state index in [4.69, 9.17) is 11.6 Å². The van der Waals surface area contributed by atoms with Gasteiger partial charge in [0, 0.05) is 22.5 Å². The van der Waals surface area contributed by atoms with Crippen molar-refractivity contribution in [1.82, 2.24) is 4.98 Å². The topological polar surface area (TPSA) is 30.0 Å². The number of fused-ring (bicyclic) bond motifs is 2. The minimum Gasteiger partial charge on any atom is -0.288 e. The molecule has 0 unspecified atom stereocenters. The fourth-order valence-corrected chi connectivity index (χ4v) is 3.34. The van der Waals surface area contributed by atoms with Gasteiger partial charge >= 0.3 is 0 Å². The molecule has 0 amide bonds. The third-order valence-corrected chi connectivity index (χ3v) is 4.36. The van der Waals surface area contributed by atoms with Crippen molar-refractivity contribution in [2.24, 2.45) is 0 Å². The number of aromatic nitrogens is 1. The molecule has 2 heterocycles. The Morgan fingerprint density at radius 2 is 2.12 bits per heavy atom. The van der Waals surface area contributed by atoms with Gasteiger partial charge in [0.05, 0.1) is 15.1 Å². The second kappa shape index (κ2) is 3.79. The molecule has 2 nitrogen and oxygen atoms in total. The van der Waals surface area contributed by atoms with Crippen molar-refractivity contribution in [3.63, 3.8) is 0 Å². The molecule has 0 N–H and O–H groups in total. The molecule has 17 heavy (non-hydrogen) atoms. The van der Waals surface area contributed by atoms with Crippen LogP contribution in [0.5, 0.6) is 0 Å². The highest BCUT2D eigenvalue weighted by Gasteiger charge is 2.10. The number of rotatable bonds is 0. The Bertz CT molecular complexity index is 794. The van der Waals surface area contributed by atoms with Gasteiger partial charge in [-0.2, -0.15) is 0 Å². The molecule has 2 aromatic heterocycles. The summed E-state index contributed by atoms with van der Waals surface area (Å²) in [4.78, 5) is 16.4. The van der Waals surface area contributed by atoms with Gasteiger partial charge in [-0.15, -0.1) is 11.3 Å². The van der Waals surface area contributed by atoms with Gasteiger partial charge in [-0.1, -0.05) is 17.7 Å². The molecular weight excluding hydrogens is 254 g/mol. The Hall–Kier alpha value is -1.45. The molecule has 84 valence electrons. The van der Waals surface area contributed by atoms with Crippen molar-refractivity contribution >= 4 is 43.1 Å². The normalized spacial score (nSPS) is 11.2. The van der Waals surface area contributed by atoms with Crippen LogP contribution in [0.4, 0.5) is 0 Å². The van der Waals surface area contributed by atoms with Gasteiger partial charge in [0.2, 0.25) is 0 Å². The molecule has 3 rings (SSSR count). The number of benzene rings is 1. The number of aryl methyl sites for hydroxylation is 1. The molecule has 0 spiro atoms. The van der Waals surface area contributed by atoms with Crippen LogP contribution in [0.25, 0.3) is 20.2 Å². The Kier molecular flexibility index (Phi) is 2.38. The van der Waals surface area contributed by atoms with Crippen LogP contribution >= 0.6 is 22.9 Å². The lowest BCUT2D eigenvalue weighted by molar-refractivity contribution is 1.37. The number of halogens is 1. The van der Waals surface area contributed by atoms with Crippen LogP contribution in [0.15, 0.2) is 35.4 Å². The fourth-order valence-electron chi connectivity index (χ4n) is 1.90. The van der Waals surface area contributed by atoms with Crippen LogP contribution in [0, 0.1) is 6.92 Å². The van der Waals surface area contributed by atoms with E-state index in [1.165, 1.54) is 0 Å². The summed E-state index contributed by atoms with van der Waals surface area (Å²) in [6.07, 6.45) is 3.35. The van der Waals surface area contributed by atoms with Gasteiger partial charge < -0.3 is 0 Å². The second-order valence-corrected chi connectivity index (χ2v) is 5.33. The van der Waals surface area contributed by atoms with Crippen molar-refractivity contribution in [3.8, 4) is 0 Å². The largest absolute Gasteiger partial charge is 0.288 e. The molecule has 0 aliphatic carbocycles. The van der Waals surface area contributed by atoms with E-state index in [9.17, 15) is 4.79 Å². The lowest BCUT2D eigenvalue weighted by Crippen LogP contribution is -2.02. The first-order valence-corrected chi connectivity index (χ1v) is 6.33. The van der Waals surface area contributed by atoms with E-state index in [0.717, 1.165) is 15.0 Å². The fraction of sp³-hybridized carbons (Fsp3) is 0.0769. The van der Waals surface area contributed by atoms with E-state index in [-0.39, 0.29) is 5.43 Å². The van der Waals surface area contributed by atoms with Crippen molar-refractivity contribution in [3.05, 3.63) is 51.4 Å². The van der Waals surface area contributed by atoms with Gasteiger partial charge in [0.25, 0.3) is 0 Å². The first kappa shape index (κ1) is 10.7. The van der Waals surface area contributed by atoms with Crippen molar-refractivity contribution in [1.29, 1.82) is 0 Å². The quantitative estimate of drug-likeness (QED) is 0.577. The Morgan fingerprint density at radius 3 is 2.94 bits per heavy atom. The summed E-state index contributed by atoms with van der Waals surface area (Å²) in [5.41, 5.74) is 1.06. The maximum Gasteiger partial charge on any atom is 0.197 e. The summed E-state index contributed by atoms with van der Waals surface area (Å²) in [7, 11) is 0.